The molecule has 0 aliphatic heterocycles. The van der Waals surface area contributed by atoms with Gasteiger partial charge in [-0.1, -0.05) is 54.2 Å². The highest BCUT2D eigenvalue weighted by Crippen LogP contribution is 2.25. The number of sulfone groups is 1. The van der Waals surface area contributed by atoms with Crippen molar-refractivity contribution in [2.24, 2.45) is 0 Å². The molecule has 0 radical (unpaired) electrons. The standard InChI is InChI=1S/C23H21N3O4S2/c1-32(28,29)19-11-9-18(10-12-19)20(27)16-31-23-25-24-22(21-8-5-15-30-21)26(23)14-13-17-6-3-2-4-7-17/h2-12,15H,13-14,16H2,1H3. The summed E-state index contributed by atoms with van der Waals surface area (Å²) in [6.07, 6.45) is 3.50. The summed E-state index contributed by atoms with van der Waals surface area (Å²) >= 11 is 1.29. The van der Waals surface area contributed by atoms with Crippen LogP contribution in [-0.2, 0) is 22.8 Å². The first-order chi connectivity index (χ1) is 15.4. The van der Waals surface area contributed by atoms with Gasteiger partial charge in [0, 0.05) is 18.4 Å². The van der Waals surface area contributed by atoms with E-state index in [9.17, 15) is 13.2 Å². The molecular weight excluding hydrogens is 446 g/mol. The quantitative estimate of drug-likeness (QED) is 0.269. The molecule has 2 aromatic heterocycles. The van der Waals surface area contributed by atoms with Crippen LogP contribution in [0, 0.1) is 0 Å². The van der Waals surface area contributed by atoms with Crippen LogP contribution >= 0.6 is 11.8 Å². The Morgan fingerprint density at radius 1 is 1.00 bits per heavy atom. The number of aromatic nitrogens is 3. The van der Waals surface area contributed by atoms with Gasteiger partial charge in [-0.05, 0) is 36.2 Å². The minimum absolute atomic E-state index is 0.118. The van der Waals surface area contributed by atoms with Crippen molar-refractivity contribution in [3.63, 3.8) is 0 Å². The Labute approximate surface area is 190 Å². The van der Waals surface area contributed by atoms with Crippen molar-refractivity contribution in [3.05, 3.63) is 84.1 Å². The number of ketones is 1. The highest BCUT2D eigenvalue weighted by atomic mass is 32.2. The second-order valence-corrected chi connectivity index (χ2v) is 10.1. The first kappa shape index (κ1) is 22.0. The zero-order valence-corrected chi connectivity index (χ0v) is 19.0. The predicted molar refractivity (Wildman–Crippen MR) is 122 cm³/mol. The normalized spacial score (nSPS) is 11.5. The van der Waals surface area contributed by atoms with E-state index in [0.29, 0.717) is 28.8 Å². The molecule has 32 heavy (non-hydrogen) atoms. The number of carbonyl (C=O) groups is 1. The monoisotopic (exact) mass is 467 g/mol. The van der Waals surface area contributed by atoms with E-state index in [1.807, 2.05) is 28.8 Å². The molecule has 0 amide bonds. The van der Waals surface area contributed by atoms with Crippen molar-refractivity contribution in [1.82, 2.24) is 14.8 Å². The van der Waals surface area contributed by atoms with Crippen LogP contribution in [0.4, 0.5) is 0 Å². The summed E-state index contributed by atoms with van der Waals surface area (Å²) in [4.78, 5) is 12.8. The lowest BCUT2D eigenvalue weighted by atomic mass is 10.1. The molecule has 0 unspecified atom stereocenters. The van der Waals surface area contributed by atoms with Gasteiger partial charge in [0.1, 0.15) is 0 Å². The minimum atomic E-state index is -3.30. The molecule has 0 N–H and O–H groups in total. The van der Waals surface area contributed by atoms with Gasteiger partial charge in [0.25, 0.3) is 0 Å². The number of nitrogens with zero attached hydrogens (tertiary/aromatic N) is 3. The van der Waals surface area contributed by atoms with Crippen LogP contribution in [0.25, 0.3) is 11.6 Å². The lowest BCUT2D eigenvalue weighted by Gasteiger charge is -2.09. The highest BCUT2D eigenvalue weighted by Gasteiger charge is 2.18. The summed E-state index contributed by atoms with van der Waals surface area (Å²) in [7, 11) is -3.30. The van der Waals surface area contributed by atoms with Gasteiger partial charge in [0.15, 0.2) is 32.4 Å². The number of Topliss-reactive ketones (excluding diaryl/α,β-unsaturated/α-hetero) is 1. The van der Waals surface area contributed by atoms with E-state index in [4.69, 9.17) is 4.42 Å². The average Bonchev–Trinajstić information content (AvgIpc) is 3.46. The van der Waals surface area contributed by atoms with Crippen LogP contribution in [0.5, 0.6) is 0 Å². The van der Waals surface area contributed by atoms with Crippen molar-refractivity contribution in [2.75, 3.05) is 12.0 Å². The molecule has 2 heterocycles. The summed E-state index contributed by atoms with van der Waals surface area (Å²) in [5.41, 5.74) is 1.64. The fourth-order valence-corrected chi connectivity index (χ4v) is 4.66. The van der Waals surface area contributed by atoms with Crippen LogP contribution in [-0.4, -0.2) is 41.0 Å². The van der Waals surface area contributed by atoms with Crippen molar-refractivity contribution in [3.8, 4) is 11.6 Å². The Balaban J connectivity index is 1.51. The van der Waals surface area contributed by atoms with Gasteiger partial charge < -0.3 is 4.42 Å². The second-order valence-electron chi connectivity index (χ2n) is 7.18. The Bertz CT molecular complexity index is 1300. The van der Waals surface area contributed by atoms with Crippen molar-refractivity contribution >= 4 is 27.4 Å². The molecule has 0 saturated heterocycles. The summed E-state index contributed by atoms with van der Waals surface area (Å²) in [5, 5.41) is 9.18. The Morgan fingerprint density at radius 2 is 1.75 bits per heavy atom. The van der Waals surface area contributed by atoms with Gasteiger partial charge in [-0.15, -0.1) is 10.2 Å². The fraction of sp³-hybridized carbons (Fsp3) is 0.174. The number of hydrogen-bond donors (Lipinski definition) is 0. The summed E-state index contributed by atoms with van der Waals surface area (Å²) in [6.45, 7) is 0.632. The van der Waals surface area contributed by atoms with Crippen LogP contribution in [0.1, 0.15) is 15.9 Å². The molecule has 164 valence electrons. The van der Waals surface area contributed by atoms with E-state index < -0.39 is 9.84 Å². The Morgan fingerprint density at radius 3 is 2.41 bits per heavy atom. The van der Waals surface area contributed by atoms with Gasteiger partial charge in [-0.25, -0.2) is 8.42 Å². The molecule has 0 spiro atoms. The fourth-order valence-electron chi connectivity index (χ4n) is 3.17. The smallest absolute Gasteiger partial charge is 0.200 e. The average molecular weight is 468 g/mol. The maximum atomic E-state index is 12.7. The van der Waals surface area contributed by atoms with E-state index in [0.717, 1.165) is 12.7 Å². The number of carbonyl (C=O) groups excluding carboxylic acids is 1. The molecule has 4 rings (SSSR count). The molecule has 0 aliphatic carbocycles. The Hall–Kier alpha value is -3.17. The van der Waals surface area contributed by atoms with Crippen LogP contribution < -0.4 is 0 Å². The number of benzene rings is 2. The Kier molecular flexibility index (Phi) is 6.57. The second kappa shape index (κ2) is 9.54. The first-order valence-corrected chi connectivity index (χ1v) is 12.8. The third kappa shape index (κ3) is 5.17. The molecule has 0 saturated carbocycles. The van der Waals surface area contributed by atoms with Gasteiger partial charge >= 0.3 is 0 Å². The SMILES string of the molecule is CS(=O)(=O)c1ccc(C(=O)CSc2nnc(-c3ccco3)n2CCc2ccccc2)cc1. The van der Waals surface area contributed by atoms with Gasteiger partial charge in [-0.3, -0.25) is 9.36 Å². The van der Waals surface area contributed by atoms with Crippen LogP contribution in [0.15, 0.2) is 87.5 Å². The number of thioether (sulfide) groups is 1. The summed E-state index contributed by atoms with van der Waals surface area (Å²) in [5.74, 6) is 1.26. The maximum absolute atomic E-state index is 12.7. The van der Waals surface area contributed by atoms with E-state index in [2.05, 4.69) is 22.3 Å². The molecule has 2 aromatic carbocycles. The van der Waals surface area contributed by atoms with E-state index in [-0.39, 0.29) is 16.4 Å². The molecule has 4 aromatic rings. The number of hydrogen-bond acceptors (Lipinski definition) is 7. The predicted octanol–water partition coefficient (Wildman–Crippen LogP) is 4.16. The third-order valence-corrected chi connectivity index (χ3v) is 6.96. The maximum Gasteiger partial charge on any atom is 0.200 e. The van der Waals surface area contributed by atoms with Crippen LogP contribution in [0.3, 0.4) is 0 Å². The van der Waals surface area contributed by atoms with Crippen molar-refractivity contribution in [1.29, 1.82) is 0 Å². The lowest BCUT2D eigenvalue weighted by molar-refractivity contribution is 0.102. The third-order valence-electron chi connectivity index (χ3n) is 4.86. The molecule has 0 bridgehead atoms. The van der Waals surface area contributed by atoms with Gasteiger partial charge in [0.05, 0.1) is 16.9 Å². The highest BCUT2D eigenvalue weighted by molar-refractivity contribution is 7.99. The number of rotatable bonds is 9. The van der Waals surface area contributed by atoms with Crippen molar-refractivity contribution in [2.45, 2.75) is 23.0 Å². The summed E-state index contributed by atoms with van der Waals surface area (Å²) < 4.78 is 30.7. The lowest BCUT2D eigenvalue weighted by Crippen LogP contribution is -2.08. The molecule has 0 atom stereocenters. The zero-order chi connectivity index (χ0) is 22.6. The topological polar surface area (TPSA) is 95.1 Å². The number of furan rings is 1. The largest absolute Gasteiger partial charge is 0.461 e. The van der Waals surface area contributed by atoms with Crippen LogP contribution in [0.2, 0.25) is 0 Å². The van der Waals surface area contributed by atoms with E-state index >= 15 is 0 Å². The summed E-state index contributed by atoms with van der Waals surface area (Å²) in [6, 6.07) is 19.7. The zero-order valence-electron chi connectivity index (χ0n) is 17.3. The minimum Gasteiger partial charge on any atom is -0.461 e. The number of aryl methyl sites for hydroxylation is 1. The van der Waals surface area contributed by atoms with Gasteiger partial charge in [-0.2, -0.15) is 0 Å². The molecule has 7 nitrogen and oxygen atoms in total. The molecule has 9 heteroatoms. The van der Waals surface area contributed by atoms with E-state index in [1.54, 1.807) is 12.3 Å². The van der Waals surface area contributed by atoms with Crippen molar-refractivity contribution < 1.29 is 17.6 Å². The first-order valence-electron chi connectivity index (χ1n) is 9.89. The van der Waals surface area contributed by atoms with Gasteiger partial charge in [0.2, 0.25) is 0 Å². The molecular formula is C23H21N3O4S2. The molecule has 0 fully saturated rings. The van der Waals surface area contributed by atoms with E-state index in [1.165, 1.54) is 41.6 Å². The molecule has 0 aliphatic rings.